The van der Waals surface area contributed by atoms with Crippen molar-refractivity contribution in [3.05, 3.63) is 57.6 Å². The zero-order valence-corrected chi connectivity index (χ0v) is 23.1. The highest BCUT2D eigenvalue weighted by Crippen LogP contribution is 2.30. The molecule has 1 aliphatic rings. The number of amides is 1. The van der Waals surface area contributed by atoms with E-state index in [9.17, 15) is 36.5 Å². The number of nitro groups is 1. The number of ether oxygens (including phenoxy) is 2. The molecule has 0 spiro atoms. The van der Waals surface area contributed by atoms with Crippen LogP contribution in [0.3, 0.4) is 0 Å². The van der Waals surface area contributed by atoms with Crippen molar-refractivity contribution in [3.63, 3.8) is 0 Å². The van der Waals surface area contributed by atoms with E-state index < -0.39 is 43.3 Å². The molecule has 3 aromatic rings. The van der Waals surface area contributed by atoms with Gasteiger partial charge in [-0.15, -0.1) is 11.3 Å². The maximum Gasteiger partial charge on any atom is 0.311 e. The number of aromatic nitrogens is 1. The Morgan fingerprint density at radius 3 is 2.41 bits per heavy atom. The number of carbonyl (C=O) groups excluding carboxylic acids is 2. The number of thiazole rings is 1. The van der Waals surface area contributed by atoms with E-state index in [0.717, 1.165) is 41.8 Å². The Labute approximate surface area is 230 Å². The second-order valence-corrected chi connectivity index (χ2v) is 14.4. The third-order valence-electron chi connectivity index (χ3n) is 5.24. The van der Waals surface area contributed by atoms with Crippen molar-refractivity contribution < 1.29 is 40.8 Å². The number of benzene rings is 1. The van der Waals surface area contributed by atoms with Crippen LogP contribution in [0.2, 0.25) is 0 Å². The largest absolute Gasteiger partial charge is 0.455 e. The van der Waals surface area contributed by atoms with Crippen LogP contribution in [0, 0.1) is 10.1 Å². The van der Waals surface area contributed by atoms with Crippen LogP contribution >= 0.6 is 22.7 Å². The van der Waals surface area contributed by atoms with Gasteiger partial charge in [0.25, 0.3) is 21.6 Å². The summed E-state index contributed by atoms with van der Waals surface area (Å²) in [5.41, 5.74) is -0.265. The predicted molar refractivity (Wildman–Crippen MR) is 138 cm³/mol. The van der Waals surface area contributed by atoms with Crippen molar-refractivity contribution in [2.24, 2.45) is 0 Å². The van der Waals surface area contributed by atoms with Gasteiger partial charge in [-0.05, 0) is 24.3 Å². The van der Waals surface area contributed by atoms with Crippen molar-refractivity contribution in [2.45, 2.75) is 19.7 Å². The van der Waals surface area contributed by atoms with E-state index in [-0.39, 0.29) is 43.6 Å². The summed E-state index contributed by atoms with van der Waals surface area (Å²) < 4.78 is 62.2. The number of carbonyl (C=O) groups is 2. The van der Waals surface area contributed by atoms with Gasteiger partial charge in [-0.1, -0.05) is 11.3 Å². The minimum atomic E-state index is -4.03. The van der Waals surface area contributed by atoms with Crippen molar-refractivity contribution in [1.29, 1.82) is 0 Å². The first kappa shape index (κ1) is 28.7. The van der Waals surface area contributed by atoms with E-state index in [1.54, 1.807) is 0 Å². The molecule has 1 saturated heterocycles. The Kier molecular flexibility index (Phi) is 8.72. The molecular formula is C21H20N4O10S4. The second-order valence-electron chi connectivity index (χ2n) is 7.86. The lowest BCUT2D eigenvalue weighted by atomic mass is 10.3. The van der Waals surface area contributed by atoms with Gasteiger partial charge in [-0.25, -0.2) is 21.8 Å². The smallest absolute Gasteiger partial charge is 0.311 e. The van der Waals surface area contributed by atoms with Crippen molar-refractivity contribution in [2.75, 3.05) is 38.2 Å². The van der Waals surface area contributed by atoms with Crippen LogP contribution in [-0.4, -0.2) is 75.8 Å². The molecule has 0 unspecified atom stereocenters. The maximum absolute atomic E-state index is 12.7. The average Bonchev–Trinajstić information content (AvgIpc) is 3.59. The molecule has 208 valence electrons. The second kappa shape index (κ2) is 11.8. The Morgan fingerprint density at radius 1 is 1.05 bits per heavy atom. The summed E-state index contributed by atoms with van der Waals surface area (Å²) in [4.78, 5) is 38.6. The molecule has 0 radical (unpaired) electrons. The minimum Gasteiger partial charge on any atom is -0.455 e. The minimum absolute atomic E-state index is 0.0623. The highest BCUT2D eigenvalue weighted by Gasteiger charge is 2.28. The van der Waals surface area contributed by atoms with E-state index in [4.69, 9.17) is 9.47 Å². The maximum atomic E-state index is 12.7. The number of hydrogen-bond donors (Lipinski definition) is 1. The van der Waals surface area contributed by atoms with Crippen LogP contribution in [-0.2, 0) is 45.3 Å². The van der Waals surface area contributed by atoms with Crippen molar-refractivity contribution >= 4 is 65.2 Å². The zero-order chi connectivity index (χ0) is 28.2. The van der Waals surface area contributed by atoms with E-state index in [1.165, 1.54) is 16.4 Å². The highest BCUT2D eigenvalue weighted by atomic mass is 32.2. The Morgan fingerprint density at radius 2 is 1.74 bits per heavy atom. The van der Waals surface area contributed by atoms with Crippen LogP contribution in [0.15, 0.2) is 55.9 Å². The number of hydrogen-bond acceptors (Lipinski definition) is 13. The first-order chi connectivity index (χ1) is 18.5. The van der Waals surface area contributed by atoms with E-state index >= 15 is 0 Å². The van der Waals surface area contributed by atoms with Gasteiger partial charge in [0.05, 0.1) is 35.7 Å². The summed E-state index contributed by atoms with van der Waals surface area (Å²) in [6.07, 6.45) is 0.786. The lowest BCUT2D eigenvalue weighted by molar-refractivity contribution is -0.384. The molecule has 1 fully saturated rings. The fourth-order valence-corrected chi connectivity index (χ4v) is 8.66. The Hall–Kier alpha value is -3.29. The number of rotatable bonds is 10. The summed E-state index contributed by atoms with van der Waals surface area (Å²) >= 11 is 1.59. The quantitative estimate of drug-likeness (QED) is 0.198. The average molecular weight is 617 g/mol. The number of nitro benzene ring substituents is 1. The predicted octanol–water partition coefficient (Wildman–Crippen LogP) is 1.69. The molecule has 0 saturated carbocycles. The number of sulfonamides is 1. The van der Waals surface area contributed by atoms with E-state index in [0.29, 0.717) is 29.4 Å². The summed E-state index contributed by atoms with van der Waals surface area (Å²) in [7, 11) is -7.72. The van der Waals surface area contributed by atoms with Gasteiger partial charge in [-0.2, -0.15) is 4.31 Å². The van der Waals surface area contributed by atoms with Gasteiger partial charge in [-0.3, -0.25) is 25.0 Å². The van der Waals surface area contributed by atoms with Gasteiger partial charge >= 0.3 is 5.97 Å². The molecular weight excluding hydrogens is 597 g/mol. The van der Waals surface area contributed by atoms with E-state index in [1.807, 2.05) is 0 Å². The molecule has 0 bridgehead atoms. The molecule has 1 aliphatic heterocycles. The van der Waals surface area contributed by atoms with Gasteiger partial charge in [0.2, 0.25) is 9.84 Å². The number of nitrogens with zero attached hydrogens (tertiary/aromatic N) is 3. The Balaban J connectivity index is 1.29. The molecule has 0 aliphatic carbocycles. The third-order valence-corrected chi connectivity index (χ3v) is 11.8. The normalized spacial score (nSPS) is 14.6. The zero-order valence-electron chi connectivity index (χ0n) is 19.8. The lowest BCUT2D eigenvalue weighted by Gasteiger charge is -2.25. The number of sulfone groups is 1. The SMILES string of the molecule is O=C(COC(=O)Cc1ccc(S(=O)(=O)N2CCOCC2)s1)Nc1ncc(S(=O)(=O)c2ccc([N+](=O)[O-])cc2)s1. The van der Waals surface area contributed by atoms with Crippen LogP contribution in [0.4, 0.5) is 10.8 Å². The molecule has 3 heterocycles. The number of anilines is 1. The highest BCUT2D eigenvalue weighted by molar-refractivity contribution is 7.93. The number of thiophene rings is 1. The third kappa shape index (κ3) is 6.84. The molecule has 0 atom stereocenters. The molecule has 2 aromatic heterocycles. The Bertz CT molecular complexity index is 1590. The van der Waals surface area contributed by atoms with Crippen LogP contribution in [0.1, 0.15) is 4.88 Å². The molecule has 14 nitrogen and oxygen atoms in total. The first-order valence-corrected chi connectivity index (χ1v) is 15.6. The van der Waals surface area contributed by atoms with Crippen LogP contribution in [0.5, 0.6) is 0 Å². The molecule has 1 N–H and O–H groups in total. The number of morpholine rings is 1. The van der Waals surface area contributed by atoms with Crippen LogP contribution < -0.4 is 5.32 Å². The number of esters is 1. The van der Waals surface area contributed by atoms with Gasteiger partial charge in [0.1, 0.15) is 8.42 Å². The molecule has 1 aromatic carbocycles. The number of non-ortho nitro benzene ring substituents is 1. The fourth-order valence-electron chi connectivity index (χ4n) is 3.31. The van der Waals surface area contributed by atoms with Crippen molar-refractivity contribution in [1.82, 2.24) is 9.29 Å². The van der Waals surface area contributed by atoms with Gasteiger partial charge in [0, 0.05) is 30.1 Å². The summed E-state index contributed by atoms with van der Waals surface area (Å²) in [6.45, 7) is 0.438. The van der Waals surface area contributed by atoms with Crippen molar-refractivity contribution in [3.8, 4) is 0 Å². The lowest BCUT2D eigenvalue weighted by Crippen LogP contribution is -2.40. The molecule has 18 heteroatoms. The van der Waals surface area contributed by atoms with Gasteiger partial charge in [0.15, 0.2) is 11.7 Å². The molecule has 39 heavy (non-hydrogen) atoms. The van der Waals surface area contributed by atoms with Gasteiger partial charge < -0.3 is 9.47 Å². The topological polar surface area (TPSA) is 192 Å². The standard InChI is InChI=1S/C21H20N4O10S4/c26-17(23-21-22-12-20(37-21)38(30,31)16-4-1-14(2-5-16)25(28)29)13-35-18(27)11-15-3-6-19(36-15)39(32,33)24-7-9-34-10-8-24/h1-6,12H,7-11,13H2,(H,22,23,26). The summed E-state index contributed by atoms with van der Waals surface area (Å²) in [6, 6.07) is 7.23. The monoisotopic (exact) mass is 616 g/mol. The first-order valence-electron chi connectivity index (χ1n) is 11.0. The molecule has 1 amide bonds. The summed E-state index contributed by atoms with van der Waals surface area (Å²) in [5, 5.41) is 13.0. The fraction of sp³-hybridized carbons (Fsp3) is 0.286. The van der Waals surface area contributed by atoms with E-state index in [2.05, 4.69) is 10.3 Å². The molecule has 4 rings (SSSR count). The van der Waals surface area contributed by atoms with Crippen LogP contribution in [0.25, 0.3) is 0 Å². The number of nitrogens with one attached hydrogen (secondary N) is 1. The summed E-state index contributed by atoms with van der Waals surface area (Å²) in [5.74, 6) is -1.53.